The molecule has 1 N–H and O–H groups in total. The molecule has 66 valence electrons. The van der Waals surface area contributed by atoms with Gasteiger partial charge >= 0.3 is 0 Å². The van der Waals surface area contributed by atoms with Gasteiger partial charge in [-0.2, -0.15) is 0 Å². The molecular formula is C9H11BrClN. The SMILES string of the molecule is Brc1cccc(C2CCN2)c1.Cl. The van der Waals surface area contributed by atoms with Gasteiger partial charge in [-0.1, -0.05) is 28.1 Å². The van der Waals surface area contributed by atoms with Gasteiger partial charge in [0.25, 0.3) is 0 Å². The highest BCUT2D eigenvalue weighted by molar-refractivity contribution is 9.10. The molecule has 1 atom stereocenters. The lowest BCUT2D eigenvalue weighted by Crippen LogP contribution is -2.34. The van der Waals surface area contributed by atoms with Gasteiger partial charge in [-0.3, -0.25) is 0 Å². The summed E-state index contributed by atoms with van der Waals surface area (Å²) in [5, 5.41) is 3.37. The third kappa shape index (κ3) is 2.00. The van der Waals surface area contributed by atoms with Crippen molar-refractivity contribution in [2.24, 2.45) is 0 Å². The molecule has 1 fully saturated rings. The Morgan fingerprint density at radius 2 is 2.17 bits per heavy atom. The summed E-state index contributed by atoms with van der Waals surface area (Å²) in [6.07, 6.45) is 1.27. The molecule has 0 spiro atoms. The number of nitrogens with one attached hydrogen (secondary N) is 1. The van der Waals surface area contributed by atoms with E-state index in [-0.39, 0.29) is 12.4 Å². The second-order valence-electron chi connectivity index (χ2n) is 2.85. The lowest BCUT2D eigenvalue weighted by molar-refractivity contribution is 0.383. The molecule has 1 heterocycles. The second kappa shape index (κ2) is 4.26. The zero-order valence-corrected chi connectivity index (χ0v) is 8.99. The second-order valence-corrected chi connectivity index (χ2v) is 3.77. The van der Waals surface area contributed by atoms with Crippen molar-refractivity contribution in [2.45, 2.75) is 12.5 Å². The zero-order chi connectivity index (χ0) is 7.68. The molecule has 2 rings (SSSR count). The van der Waals surface area contributed by atoms with E-state index in [2.05, 4.69) is 45.5 Å². The highest BCUT2D eigenvalue weighted by Crippen LogP contribution is 2.24. The van der Waals surface area contributed by atoms with Crippen LogP contribution >= 0.6 is 28.3 Å². The average Bonchev–Trinajstić information content (AvgIpc) is 1.83. The van der Waals surface area contributed by atoms with Gasteiger partial charge in [0.2, 0.25) is 0 Å². The highest BCUT2D eigenvalue weighted by Gasteiger charge is 2.17. The predicted octanol–water partition coefficient (Wildman–Crippen LogP) is 2.91. The molecule has 0 bridgehead atoms. The number of hydrogen-bond donors (Lipinski definition) is 1. The minimum absolute atomic E-state index is 0. The van der Waals surface area contributed by atoms with Crippen LogP contribution in [0.3, 0.4) is 0 Å². The summed E-state index contributed by atoms with van der Waals surface area (Å²) in [6.45, 7) is 1.16. The van der Waals surface area contributed by atoms with Crippen LogP contribution in [-0.4, -0.2) is 6.54 Å². The Balaban J connectivity index is 0.000000720. The molecule has 1 aliphatic rings. The molecule has 0 radical (unpaired) electrons. The largest absolute Gasteiger partial charge is 0.310 e. The third-order valence-corrected chi connectivity index (χ3v) is 2.57. The van der Waals surface area contributed by atoms with E-state index in [1.54, 1.807) is 0 Å². The highest BCUT2D eigenvalue weighted by atomic mass is 79.9. The number of halogens is 2. The Kier molecular flexibility index (Phi) is 3.56. The fourth-order valence-electron chi connectivity index (χ4n) is 1.30. The summed E-state index contributed by atoms with van der Waals surface area (Å²) >= 11 is 3.46. The molecule has 1 aliphatic heterocycles. The van der Waals surface area contributed by atoms with E-state index in [4.69, 9.17) is 0 Å². The molecule has 1 aromatic carbocycles. The van der Waals surface area contributed by atoms with Crippen molar-refractivity contribution in [1.82, 2.24) is 5.32 Å². The summed E-state index contributed by atoms with van der Waals surface area (Å²) in [7, 11) is 0. The van der Waals surface area contributed by atoms with Crippen LogP contribution < -0.4 is 5.32 Å². The molecule has 0 amide bonds. The van der Waals surface area contributed by atoms with Crippen LogP contribution in [0.25, 0.3) is 0 Å². The van der Waals surface area contributed by atoms with E-state index < -0.39 is 0 Å². The number of hydrogen-bond acceptors (Lipinski definition) is 1. The first-order valence-corrected chi connectivity index (χ1v) is 4.64. The summed E-state index contributed by atoms with van der Waals surface area (Å²) < 4.78 is 1.17. The molecule has 0 saturated carbocycles. The first-order chi connectivity index (χ1) is 5.36. The molecule has 12 heavy (non-hydrogen) atoms. The van der Waals surface area contributed by atoms with E-state index in [0.29, 0.717) is 6.04 Å². The standard InChI is InChI=1S/C9H10BrN.ClH/c10-8-3-1-2-7(6-8)9-4-5-11-9;/h1-3,6,9,11H,4-5H2;1H. The van der Waals surface area contributed by atoms with Crippen molar-refractivity contribution in [2.75, 3.05) is 6.54 Å². The van der Waals surface area contributed by atoms with Gasteiger partial charge in [0.15, 0.2) is 0 Å². The van der Waals surface area contributed by atoms with Crippen molar-refractivity contribution in [3.63, 3.8) is 0 Å². The fraction of sp³-hybridized carbons (Fsp3) is 0.333. The number of benzene rings is 1. The molecule has 0 aliphatic carbocycles. The molecule has 0 aromatic heterocycles. The molecule has 1 aromatic rings. The fourth-order valence-corrected chi connectivity index (χ4v) is 1.71. The van der Waals surface area contributed by atoms with E-state index in [1.807, 2.05) is 0 Å². The van der Waals surface area contributed by atoms with E-state index in [1.165, 1.54) is 16.5 Å². The Bertz CT molecular complexity index is 260. The monoisotopic (exact) mass is 247 g/mol. The van der Waals surface area contributed by atoms with E-state index in [0.717, 1.165) is 6.54 Å². The topological polar surface area (TPSA) is 12.0 Å². The smallest absolute Gasteiger partial charge is 0.0332 e. The summed E-state index contributed by atoms with van der Waals surface area (Å²) in [5.74, 6) is 0. The normalized spacial score (nSPS) is 20.9. The lowest BCUT2D eigenvalue weighted by Gasteiger charge is -2.28. The maximum absolute atomic E-state index is 3.46. The molecule has 1 unspecified atom stereocenters. The van der Waals surface area contributed by atoms with E-state index >= 15 is 0 Å². The van der Waals surface area contributed by atoms with Crippen molar-refractivity contribution in [3.8, 4) is 0 Å². The third-order valence-electron chi connectivity index (χ3n) is 2.07. The van der Waals surface area contributed by atoms with E-state index in [9.17, 15) is 0 Å². The maximum atomic E-state index is 3.46. The van der Waals surface area contributed by atoms with Crippen molar-refractivity contribution >= 4 is 28.3 Å². The molecule has 3 heteroatoms. The van der Waals surface area contributed by atoms with Crippen LogP contribution in [-0.2, 0) is 0 Å². The Hall–Kier alpha value is -0.0500. The Morgan fingerprint density at radius 3 is 2.67 bits per heavy atom. The van der Waals surface area contributed by atoms with Crippen LogP contribution in [0.5, 0.6) is 0 Å². The van der Waals surface area contributed by atoms with Gasteiger partial charge in [0.05, 0.1) is 0 Å². The molecule has 1 saturated heterocycles. The van der Waals surface area contributed by atoms with Crippen molar-refractivity contribution in [3.05, 3.63) is 34.3 Å². The average molecular weight is 249 g/mol. The van der Waals surface area contributed by atoms with Gasteiger partial charge in [-0.25, -0.2) is 0 Å². The predicted molar refractivity (Wildman–Crippen MR) is 56.8 cm³/mol. The molecule has 1 nitrogen and oxygen atoms in total. The summed E-state index contributed by atoms with van der Waals surface area (Å²) in [6, 6.07) is 9.09. The lowest BCUT2D eigenvalue weighted by atomic mass is 9.98. The minimum Gasteiger partial charge on any atom is -0.310 e. The van der Waals surface area contributed by atoms with Crippen LogP contribution in [0, 0.1) is 0 Å². The van der Waals surface area contributed by atoms with Gasteiger partial charge in [-0.15, -0.1) is 12.4 Å². The zero-order valence-electron chi connectivity index (χ0n) is 6.59. The van der Waals surface area contributed by atoms with Gasteiger partial charge < -0.3 is 5.32 Å². The summed E-state index contributed by atoms with van der Waals surface area (Å²) in [4.78, 5) is 0. The Labute approximate surface area is 87.1 Å². The first kappa shape index (κ1) is 10.0. The maximum Gasteiger partial charge on any atom is 0.0332 e. The quantitative estimate of drug-likeness (QED) is 0.806. The Morgan fingerprint density at radius 1 is 1.42 bits per heavy atom. The van der Waals surface area contributed by atoms with Crippen LogP contribution in [0.4, 0.5) is 0 Å². The van der Waals surface area contributed by atoms with Gasteiger partial charge in [-0.05, 0) is 30.7 Å². The summed E-state index contributed by atoms with van der Waals surface area (Å²) in [5.41, 5.74) is 1.39. The number of rotatable bonds is 1. The van der Waals surface area contributed by atoms with Crippen LogP contribution in [0.2, 0.25) is 0 Å². The van der Waals surface area contributed by atoms with Crippen LogP contribution in [0.15, 0.2) is 28.7 Å². The van der Waals surface area contributed by atoms with Gasteiger partial charge in [0, 0.05) is 10.5 Å². The van der Waals surface area contributed by atoms with Crippen LogP contribution in [0.1, 0.15) is 18.0 Å². The van der Waals surface area contributed by atoms with Crippen molar-refractivity contribution in [1.29, 1.82) is 0 Å². The minimum atomic E-state index is 0. The molecular weight excluding hydrogens is 237 g/mol. The van der Waals surface area contributed by atoms with Crippen molar-refractivity contribution < 1.29 is 0 Å². The first-order valence-electron chi connectivity index (χ1n) is 3.85. The van der Waals surface area contributed by atoms with Gasteiger partial charge in [0.1, 0.15) is 0 Å².